The van der Waals surface area contributed by atoms with Crippen LogP contribution in [0.5, 0.6) is 0 Å². The molecule has 3 heteroatoms. The van der Waals surface area contributed by atoms with Gasteiger partial charge < -0.3 is 5.32 Å². The molecule has 0 aliphatic rings. The number of rotatable bonds is 7. The van der Waals surface area contributed by atoms with E-state index in [2.05, 4.69) is 26.1 Å². The molecule has 18 heavy (non-hydrogen) atoms. The third kappa shape index (κ3) is 4.15. The predicted molar refractivity (Wildman–Crippen MR) is 81.7 cm³/mol. The third-order valence-electron chi connectivity index (χ3n) is 3.57. The SMILES string of the molecule is CCNC(Cc1c(Cl)cccc1Cl)C(CC)CC. The zero-order chi connectivity index (χ0) is 13.5. The van der Waals surface area contributed by atoms with Gasteiger partial charge in [0.15, 0.2) is 0 Å². The van der Waals surface area contributed by atoms with Gasteiger partial charge in [0, 0.05) is 16.1 Å². The molecule has 0 fully saturated rings. The fraction of sp³-hybridized carbons (Fsp3) is 0.600. The summed E-state index contributed by atoms with van der Waals surface area (Å²) in [6.07, 6.45) is 3.26. The number of benzene rings is 1. The largest absolute Gasteiger partial charge is 0.314 e. The standard InChI is InChI=1S/C15H23Cl2N/c1-4-11(5-2)15(18-6-3)10-12-13(16)8-7-9-14(12)17/h7-9,11,15,18H,4-6,10H2,1-3H3. The number of hydrogen-bond acceptors (Lipinski definition) is 1. The number of nitrogens with one attached hydrogen (secondary N) is 1. The predicted octanol–water partition coefficient (Wildman–Crippen LogP) is 4.95. The first-order chi connectivity index (χ1) is 8.63. The zero-order valence-electron chi connectivity index (χ0n) is 11.5. The second kappa shape index (κ2) is 8.04. The summed E-state index contributed by atoms with van der Waals surface area (Å²) in [6.45, 7) is 7.60. The fourth-order valence-corrected chi connectivity index (χ4v) is 3.02. The van der Waals surface area contributed by atoms with Gasteiger partial charge in [-0.3, -0.25) is 0 Å². The molecular weight excluding hydrogens is 265 g/mol. The average molecular weight is 288 g/mol. The van der Waals surface area contributed by atoms with Crippen LogP contribution >= 0.6 is 23.2 Å². The Morgan fingerprint density at radius 2 is 1.61 bits per heavy atom. The van der Waals surface area contributed by atoms with E-state index in [0.29, 0.717) is 12.0 Å². The van der Waals surface area contributed by atoms with Crippen LogP contribution in [0, 0.1) is 5.92 Å². The van der Waals surface area contributed by atoms with Crippen LogP contribution in [-0.4, -0.2) is 12.6 Å². The Bertz CT molecular complexity index is 341. The number of halogens is 2. The van der Waals surface area contributed by atoms with Crippen molar-refractivity contribution in [1.29, 1.82) is 0 Å². The van der Waals surface area contributed by atoms with Crippen LogP contribution in [0.15, 0.2) is 18.2 Å². The van der Waals surface area contributed by atoms with Crippen molar-refractivity contribution in [2.45, 2.75) is 46.1 Å². The Hall–Kier alpha value is -0.240. The highest BCUT2D eigenvalue weighted by atomic mass is 35.5. The summed E-state index contributed by atoms with van der Waals surface area (Å²) in [5.74, 6) is 0.664. The van der Waals surface area contributed by atoms with Crippen LogP contribution in [0.4, 0.5) is 0 Å². The quantitative estimate of drug-likeness (QED) is 0.748. The molecule has 0 bridgehead atoms. The normalized spacial score (nSPS) is 13.0. The zero-order valence-corrected chi connectivity index (χ0v) is 13.0. The molecule has 1 nitrogen and oxygen atoms in total. The van der Waals surface area contributed by atoms with Gasteiger partial charge in [-0.15, -0.1) is 0 Å². The van der Waals surface area contributed by atoms with Crippen molar-refractivity contribution in [3.8, 4) is 0 Å². The first-order valence-corrected chi connectivity index (χ1v) is 7.55. The molecule has 0 heterocycles. The Balaban J connectivity index is 2.89. The molecule has 0 aliphatic heterocycles. The molecule has 0 aliphatic carbocycles. The minimum Gasteiger partial charge on any atom is -0.314 e. The smallest absolute Gasteiger partial charge is 0.0453 e. The molecule has 0 amide bonds. The second-order valence-electron chi connectivity index (χ2n) is 4.65. The van der Waals surface area contributed by atoms with Crippen molar-refractivity contribution in [2.75, 3.05) is 6.54 Å². The summed E-state index contributed by atoms with van der Waals surface area (Å²) in [4.78, 5) is 0. The highest BCUT2D eigenvalue weighted by Crippen LogP contribution is 2.28. The molecule has 1 atom stereocenters. The summed E-state index contributed by atoms with van der Waals surface area (Å²) >= 11 is 12.5. The maximum absolute atomic E-state index is 6.25. The van der Waals surface area contributed by atoms with Gasteiger partial charge in [0.25, 0.3) is 0 Å². The molecule has 0 aromatic heterocycles. The van der Waals surface area contributed by atoms with E-state index >= 15 is 0 Å². The van der Waals surface area contributed by atoms with Crippen molar-refractivity contribution in [3.05, 3.63) is 33.8 Å². The lowest BCUT2D eigenvalue weighted by Gasteiger charge is -2.27. The van der Waals surface area contributed by atoms with Crippen molar-refractivity contribution >= 4 is 23.2 Å². The lowest BCUT2D eigenvalue weighted by molar-refractivity contribution is 0.337. The van der Waals surface area contributed by atoms with Crippen LogP contribution in [0.1, 0.15) is 39.2 Å². The van der Waals surface area contributed by atoms with Gasteiger partial charge >= 0.3 is 0 Å². The Morgan fingerprint density at radius 1 is 1.06 bits per heavy atom. The summed E-state index contributed by atoms with van der Waals surface area (Å²) in [6, 6.07) is 6.17. The van der Waals surface area contributed by atoms with E-state index in [1.165, 1.54) is 12.8 Å². The summed E-state index contributed by atoms with van der Waals surface area (Å²) in [5, 5.41) is 5.12. The van der Waals surface area contributed by atoms with Crippen LogP contribution in [0.3, 0.4) is 0 Å². The van der Waals surface area contributed by atoms with Gasteiger partial charge in [0.05, 0.1) is 0 Å². The molecule has 1 rings (SSSR count). The summed E-state index contributed by atoms with van der Waals surface area (Å²) < 4.78 is 0. The lowest BCUT2D eigenvalue weighted by Crippen LogP contribution is -2.37. The molecule has 0 saturated heterocycles. The van der Waals surface area contributed by atoms with Crippen molar-refractivity contribution in [1.82, 2.24) is 5.32 Å². The Labute approximate surface area is 121 Å². The highest BCUT2D eigenvalue weighted by Gasteiger charge is 2.20. The average Bonchev–Trinajstić information content (AvgIpc) is 2.35. The van der Waals surface area contributed by atoms with Gasteiger partial charge in [-0.05, 0) is 36.6 Å². The summed E-state index contributed by atoms with van der Waals surface area (Å²) in [5.41, 5.74) is 1.07. The molecule has 1 unspecified atom stereocenters. The van der Waals surface area contributed by atoms with Crippen LogP contribution < -0.4 is 5.32 Å². The minimum absolute atomic E-state index is 0.447. The van der Waals surface area contributed by atoms with E-state index in [0.717, 1.165) is 28.6 Å². The molecule has 102 valence electrons. The molecule has 1 aromatic carbocycles. The topological polar surface area (TPSA) is 12.0 Å². The van der Waals surface area contributed by atoms with Gasteiger partial charge in [0.2, 0.25) is 0 Å². The molecule has 1 N–H and O–H groups in total. The van der Waals surface area contributed by atoms with Crippen LogP contribution in [0.25, 0.3) is 0 Å². The fourth-order valence-electron chi connectivity index (χ4n) is 2.47. The van der Waals surface area contributed by atoms with E-state index in [1.54, 1.807) is 0 Å². The Kier molecular flexibility index (Phi) is 7.06. The van der Waals surface area contributed by atoms with E-state index < -0.39 is 0 Å². The maximum Gasteiger partial charge on any atom is 0.0453 e. The van der Waals surface area contributed by atoms with E-state index in [9.17, 15) is 0 Å². The maximum atomic E-state index is 6.25. The first kappa shape index (κ1) is 15.8. The van der Waals surface area contributed by atoms with Gasteiger partial charge in [-0.1, -0.05) is 62.9 Å². The third-order valence-corrected chi connectivity index (χ3v) is 4.28. The van der Waals surface area contributed by atoms with Gasteiger partial charge in [-0.2, -0.15) is 0 Å². The molecular formula is C15H23Cl2N. The van der Waals surface area contributed by atoms with Gasteiger partial charge in [0.1, 0.15) is 0 Å². The van der Waals surface area contributed by atoms with E-state index in [4.69, 9.17) is 23.2 Å². The molecule has 1 aromatic rings. The Morgan fingerprint density at radius 3 is 2.06 bits per heavy atom. The molecule has 0 radical (unpaired) electrons. The van der Waals surface area contributed by atoms with Crippen molar-refractivity contribution in [2.24, 2.45) is 5.92 Å². The van der Waals surface area contributed by atoms with E-state index in [-0.39, 0.29) is 0 Å². The van der Waals surface area contributed by atoms with Crippen LogP contribution in [0.2, 0.25) is 10.0 Å². The van der Waals surface area contributed by atoms with Crippen molar-refractivity contribution < 1.29 is 0 Å². The monoisotopic (exact) mass is 287 g/mol. The van der Waals surface area contributed by atoms with Crippen molar-refractivity contribution in [3.63, 3.8) is 0 Å². The summed E-state index contributed by atoms with van der Waals surface area (Å²) in [7, 11) is 0. The van der Waals surface area contributed by atoms with E-state index in [1.807, 2.05) is 18.2 Å². The lowest BCUT2D eigenvalue weighted by atomic mass is 9.89. The minimum atomic E-state index is 0.447. The van der Waals surface area contributed by atoms with Gasteiger partial charge in [-0.25, -0.2) is 0 Å². The first-order valence-electron chi connectivity index (χ1n) is 6.80. The number of likely N-dealkylation sites (N-methyl/N-ethyl adjacent to an activating group) is 1. The molecule has 0 spiro atoms. The number of hydrogen-bond donors (Lipinski definition) is 1. The molecule has 0 saturated carbocycles. The second-order valence-corrected chi connectivity index (χ2v) is 5.46. The van der Waals surface area contributed by atoms with Crippen LogP contribution in [-0.2, 0) is 6.42 Å². The highest BCUT2D eigenvalue weighted by molar-refractivity contribution is 6.36.